The van der Waals surface area contributed by atoms with Crippen molar-refractivity contribution in [3.05, 3.63) is 24.3 Å². The van der Waals surface area contributed by atoms with Gasteiger partial charge in [0, 0.05) is 18.3 Å². The molecular formula is C16H26N2O. The van der Waals surface area contributed by atoms with Crippen molar-refractivity contribution >= 4 is 5.69 Å². The molecule has 1 saturated heterocycles. The Morgan fingerprint density at radius 1 is 1.26 bits per heavy atom. The predicted molar refractivity (Wildman–Crippen MR) is 81.0 cm³/mol. The van der Waals surface area contributed by atoms with Crippen LogP contribution in [0.5, 0.6) is 5.75 Å². The van der Waals surface area contributed by atoms with E-state index in [4.69, 9.17) is 4.74 Å². The number of piperidine rings is 1. The molecule has 2 rings (SSSR count). The summed E-state index contributed by atoms with van der Waals surface area (Å²) in [5.41, 5.74) is 1.18. The Hall–Kier alpha value is -1.22. The first kappa shape index (κ1) is 14.2. The van der Waals surface area contributed by atoms with E-state index in [2.05, 4.69) is 29.4 Å². The monoisotopic (exact) mass is 262 g/mol. The maximum absolute atomic E-state index is 5.44. The lowest BCUT2D eigenvalue weighted by molar-refractivity contribution is 0.179. The van der Waals surface area contributed by atoms with Gasteiger partial charge in [0.25, 0.3) is 0 Å². The van der Waals surface area contributed by atoms with E-state index in [0.717, 1.165) is 24.9 Å². The third kappa shape index (κ3) is 4.43. The molecule has 1 unspecified atom stereocenters. The highest BCUT2D eigenvalue weighted by Crippen LogP contribution is 2.19. The van der Waals surface area contributed by atoms with Gasteiger partial charge in [-0.15, -0.1) is 0 Å². The molecule has 19 heavy (non-hydrogen) atoms. The Bertz CT molecular complexity index is 364. The van der Waals surface area contributed by atoms with Crippen molar-refractivity contribution in [2.45, 2.75) is 38.6 Å². The lowest BCUT2D eigenvalue weighted by Crippen LogP contribution is -2.37. The van der Waals surface area contributed by atoms with Crippen LogP contribution < -0.4 is 10.1 Å². The maximum atomic E-state index is 5.44. The second-order valence-corrected chi connectivity index (χ2v) is 5.30. The van der Waals surface area contributed by atoms with E-state index < -0.39 is 0 Å². The summed E-state index contributed by atoms with van der Waals surface area (Å²) in [4.78, 5) is 2.50. The molecule has 0 radical (unpaired) electrons. The average Bonchev–Trinajstić information content (AvgIpc) is 2.43. The van der Waals surface area contributed by atoms with Crippen molar-refractivity contribution in [1.82, 2.24) is 4.90 Å². The Morgan fingerprint density at radius 2 is 2.05 bits per heavy atom. The number of likely N-dealkylation sites (tertiary alicyclic amines) is 1. The molecule has 0 saturated carbocycles. The summed E-state index contributed by atoms with van der Waals surface area (Å²) in [5.74, 6) is 0.945. The van der Waals surface area contributed by atoms with Gasteiger partial charge in [0.15, 0.2) is 0 Å². The third-order valence-electron chi connectivity index (χ3n) is 3.89. The summed E-state index contributed by atoms with van der Waals surface area (Å²) in [6.45, 7) is 5.03. The highest BCUT2D eigenvalue weighted by molar-refractivity contribution is 5.46. The summed E-state index contributed by atoms with van der Waals surface area (Å²) < 4.78 is 5.44. The summed E-state index contributed by atoms with van der Waals surface area (Å²) >= 11 is 0. The second-order valence-electron chi connectivity index (χ2n) is 5.30. The zero-order valence-electron chi connectivity index (χ0n) is 12.2. The molecule has 1 fully saturated rings. The SMILES string of the molecule is CCOc1ccc(NCCC2CCCCN2C)cc1. The molecule has 1 aromatic rings. The van der Waals surface area contributed by atoms with E-state index in [1.54, 1.807) is 0 Å². The largest absolute Gasteiger partial charge is 0.494 e. The molecule has 1 atom stereocenters. The van der Waals surface area contributed by atoms with Gasteiger partial charge < -0.3 is 15.0 Å². The fourth-order valence-electron chi connectivity index (χ4n) is 2.73. The summed E-state index contributed by atoms with van der Waals surface area (Å²) in [7, 11) is 2.25. The van der Waals surface area contributed by atoms with Crippen molar-refractivity contribution in [2.75, 3.05) is 32.1 Å². The molecule has 0 aromatic heterocycles. The normalized spacial score (nSPS) is 20.2. The first-order chi connectivity index (χ1) is 9.29. The van der Waals surface area contributed by atoms with E-state index in [9.17, 15) is 0 Å². The van der Waals surface area contributed by atoms with Crippen LogP contribution in [0.1, 0.15) is 32.6 Å². The van der Waals surface area contributed by atoms with Crippen LogP contribution in [0.4, 0.5) is 5.69 Å². The molecule has 1 aromatic carbocycles. The van der Waals surface area contributed by atoms with Crippen molar-refractivity contribution in [1.29, 1.82) is 0 Å². The average molecular weight is 262 g/mol. The molecule has 0 spiro atoms. The van der Waals surface area contributed by atoms with Crippen molar-refractivity contribution in [3.8, 4) is 5.75 Å². The van der Waals surface area contributed by atoms with Crippen LogP contribution in [0.25, 0.3) is 0 Å². The minimum absolute atomic E-state index is 0.723. The highest BCUT2D eigenvalue weighted by atomic mass is 16.5. The molecule has 3 heteroatoms. The fourth-order valence-corrected chi connectivity index (χ4v) is 2.73. The van der Waals surface area contributed by atoms with E-state index in [1.807, 2.05) is 19.1 Å². The number of ether oxygens (including phenoxy) is 1. The van der Waals surface area contributed by atoms with Gasteiger partial charge in [0.2, 0.25) is 0 Å². The molecule has 1 N–H and O–H groups in total. The molecule has 0 bridgehead atoms. The van der Waals surface area contributed by atoms with E-state index >= 15 is 0 Å². The molecule has 0 amide bonds. The molecule has 0 aliphatic carbocycles. The topological polar surface area (TPSA) is 24.5 Å². The molecule has 1 heterocycles. The predicted octanol–water partition coefficient (Wildman–Crippen LogP) is 3.37. The minimum atomic E-state index is 0.723. The van der Waals surface area contributed by atoms with E-state index in [1.165, 1.54) is 37.9 Å². The number of benzene rings is 1. The second kappa shape index (κ2) is 7.39. The zero-order chi connectivity index (χ0) is 13.5. The van der Waals surface area contributed by atoms with Gasteiger partial charge in [-0.05, 0) is 64.0 Å². The van der Waals surface area contributed by atoms with Gasteiger partial charge in [-0.3, -0.25) is 0 Å². The van der Waals surface area contributed by atoms with Crippen LogP contribution >= 0.6 is 0 Å². The number of nitrogens with zero attached hydrogens (tertiary/aromatic N) is 1. The van der Waals surface area contributed by atoms with Gasteiger partial charge in [-0.1, -0.05) is 6.42 Å². The minimum Gasteiger partial charge on any atom is -0.494 e. The van der Waals surface area contributed by atoms with Crippen molar-refractivity contribution in [3.63, 3.8) is 0 Å². The molecule has 3 nitrogen and oxygen atoms in total. The van der Waals surface area contributed by atoms with Gasteiger partial charge in [-0.2, -0.15) is 0 Å². The lowest BCUT2D eigenvalue weighted by Gasteiger charge is -2.32. The molecule has 1 aliphatic rings. The Kier molecular flexibility index (Phi) is 5.52. The number of hydrogen-bond acceptors (Lipinski definition) is 3. The molecule has 1 aliphatic heterocycles. The van der Waals surface area contributed by atoms with Crippen LogP contribution in [0.15, 0.2) is 24.3 Å². The smallest absolute Gasteiger partial charge is 0.119 e. The van der Waals surface area contributed by atoms with Gasteiger partial charge in [-0.25, -0.2) is 0 Å². The first-order valence-electron chi connectivity index (χ1n) is 7.46. The quantitative estimate of drug-likeness (QED) is 0.850. The van der Waals surface area contributed by atoms with Gasteiger partial charge in [0.1, 0.15) is 5.75 Å². The Labute approximate surface area is 116 Å². The molecule has 106 valence electrons. The summed E-state index contributed by atoms with van der Waals surface area (Å²) in [6.07, 6.45) is 5.32. The van der Waals surface area contributed by atoms with Crippen molar-refractivity contribution in [2.24, 2.45) is 0 Å². The van der Waals surface area contributed by atoms with Crippen LogP contribution in [-0.4, -0.2) is 37.7 Å². The molecular weight excluding hydrogens is 236 g/mol. The van der Waals surface area contributed by atoms with E-state index in [-0.39, 0.29) is 0 Å². The van der Waals surface area contributed by atoms with Gasteiger partial charge >= 0.3 is 0 Å². The van der Waals surface area contributed by atoms with E-state index in [0.29, 0.717) is 0 Å². The van der Waals surface area contributed by atoms with Gasteiger partial charge in [0.05, 0.1) is 6.61 Å². The number of rotatable bonds is 6. The third-order valence-corrected chi connectivity index (χ3v) is 3.89. The lowest BCUT2D eigenvalue weighted by atomic mass is 10.0. The van der Waals surface area contributed by atoms with Crippen molar-refractivity contribution < 1.29 is 4.74 Å². The van der Waals surface area contributed by atoms with Crippen LogP contribution in [0, 0.1) is 0 Å². The van der Waals surface area contributed by atoms with Crippen LogP contribution in [0.3, 0.4) is 0 Å². The first-order valence-corrected chi connectivity index (χ1v) is 7.46. The standard InChI is InChI=1S/C16H26N2O/c1-3-19-16-9-7-14(8-10-16)17-12-11-15-6-4-5-13-18(15)2/h7-10,15,17H,3-6,11-13H2,1-2H3. The summed E-state index contributed by atoms with van der Waals surface area (Å²) in [5, 5.41) is 3.50. The fraction of sp³-hybridized carbons (Fsp3) is 0.625. The zero-order valence-corrected chi connectivity index (χ0v) is 12.2. The van der Waals surface area contributed by atoms with Crippen LogP contribution in [-0.2, 0) is 0 Å². The number of hydrogen-bond donors (Lipinski definition) is 1. The number of nitrogens with one attached hydrogen (secondary N) is 1. The highest BCUT2D eigenvalue weighted by Gasteiger charge is 2.17. The Morgan fingerprint density at radius 3 is 2.74 bits per heavy atom. The summed E-state index contributed by atoms with van der Waals surface area (Å²) in [6, 6.07) is 8.99. The van der Waals surface area contributed by atoms with Crippen LogP contribution in [0.2, 0.25) is 0 Å². The number of anilines is 1. The Balaban J connectivity index is 1.72. The maximum Gasteiger partial charge on any atom is 0.119 e.